The lowest BCUT2D eigenvalue weighted by Gasteiger charge is -2.17. The van der Waals surface area contributed by atoms with E-state index in [4.69, 9.17) is 11.7 Å². The van der Waals surface area contributed by atoms with Gasteiger partial charge in [-0.25, -0.2) is 0 Å². The van der Waals surface area contributed by atoms with Gasteiger partial charge in [0.25, 0.3) is 0 Å². The Morgan fingerprint density at radius 1 is 1.00 bits per heavy atom. The SMILES string of the molecule is C#Cc1cc(C(F)(F)F)c(CC#N)c(C(F)(F)F)c1. The molecule has 19 heavy (non-hydrogen) atoms. The molecule has 0 aromatic heterocycles. The number of halogens is 6. The van der Waals surface area contributed by atoms with Crippen molar-refractivity contribution in [2.45, 2.75) is 18.8 Å². The van der Waals surface area contributed by atoms with Crippen molar-refractivity contribution >= 4 is 0 Å². The summed E-state index contributed by atoms with van der Waals surface area (Å²) in [7, 11) is 0. The normalized spacial score (nSPS) is 11.8. The molecular weight excluding hydrogens is 272 g/mol. The van der Waals surface area contributed by atoms with Gasteiger partial charge in [0.15, 0.2) is 0 Å². The minimum Gasteiger partial charge on any atom is -0.198 e. The Morgan fingerprint density at radius 3 is 1.68 bits per heavy atom. The lowest BCUT2D eigenvalue weighted by Crippen LogP contribution is -2.17. The molecule has 7 heteroatoms. The van der Waals surface area contributed by atoms with Crippen LogP contribution in [-0.4, -0.2) is 0 Å². The Balaban J connectivity index is 3.73. The molecule has 1 nitrogen and oxygen atoms in total. The summed E-state index contributed by atoms with van der Waals surface area (Å²) in [5.41, 5.74) is -4.71. The molecule has 0 atom stereocenters. The van der Waals surface area contributed by atoms with Gasteiger partial charge in [-0.05, 0) is 17.7 Å². The van der Waals surface area contributed by atoms with Gasteiger partial charge in [-0.2, -0.15) is 31.6 Å². The van der Waals surface area contributed by atoms with Crippen LogP contribution >= 0.6 is 0 Å². The lowest BCUT2D eigenvalue weighted by molar-refractivity contribution is -0.144. The van der Waals surface area contributed by atoms with Gasteiger partial charge in [-0.3, -0.25) is 0 Å². The zero-order valence-electron chi connectivity index (χ0n) is 9.15. The van der Waals surface area contributed by atoms with Crippen molar-refractivity contribution in [2.24, 2.45) is 0 Å². The Hall–Kier alpha value is -2.15. The maximum absolute atomic E-state index is 12.7. The molecule has 0 saturated carbocycles. The van der Waals surface area contributed by atoms with Gasteiger partial charge >= 0.3 is 12.4 Å². The molecule has 0 N–H and O–H groups in total. The van der Waals surface area contributed by atoms with Gasteiger partial charge in [0.1, 0.15) is 0 Å². The zero-order chi connectivity index (χ0) is 14.8. The first-order chi connectivity index (χ1) is 8.61. The van der Waals surface area contributed by atoms with Crippen LogP contribution < -0.4 is 0 Å². The molecule has 100 valence electrons. The predicted molar refractivity (Wildman–Crippen MR) is 53.7 cm³/mol. The Morgan fingerprint density at radius 2 is 1.42 bits per heavy atom. The number of rotatable bonds is 1. The van der Waals surface area contributed by atoms with E-state index in [0.29, 0.717) is 12.1 Å². The number of nitrogens with zero attached hydrogens (tertiary/aromatic N) is 1. The monoisotopic (exact) mass is 277 g/mol. The third-order valence-electron chi connectivity index (χ3n) is 2.28. The van der Waals surface area contributed by atoms with Crippen molar-refractivity contribution in [3.63, 3.8) is 0 Å². The summed E-state index contributed by atoms with van der Waals surface area (Å²) < 4.78 is 76.3. The quantitative estimate of drug-likeness (QED) is 0.566. The van der Waals surface area contributed by atoms with Gasteiger partial charge in [0.05, 0.1) is 23.6 Å². The Labute approximate surface area is 104 Å². The molecular formula is C12H5F6N. The van der Waals surface area contributed by atoms with Crippen molar-refractivity contribution in [1.82, 2.24) is 0 Å². The first kappa shape index (κ1) is 14.9. The highest BCUT2D eigenvalue weighted by Crippen LogP contribution is 2.40. The van der Waals surface area contributed by atoms with E-state index < -0.39 is 41.0 Å². The largest absolute Gasteiger partial charge is 0.416 e. The van der Waals surface area contributed by atoms with Crippen molar-refractivity contribution in [3.8, 4) is 18.4 Å². The van der Waals surface area contributed by atoms with Gasteiger partial charge in [0, 0.05) is 5.56 Å². The number of hydrogen-bond donors (Lipinski definition) is 0. The fourth-order valence-corrected chi connectivity index (χ4v) is 1.53. The predicted octanol–water partition coefficient (Wildman–Crippen LogP) is 3.77. The highest BCUT2D eigenvalue weighted by atomic mass is 19.4. The highest BCUT2D eigenvalue weighted by molar-refractivity contribution is 5.48. The molecule has 0 saturated heterocycles. The fourth-order valence-electron chi connectivity index (χ4n) is 1.53. The molecule has 0 aliphatic heterocycles. The Bertz CT molecular complexity index is 533. The Kier molecular flexibility index (Phi) is 3.80. The smallest absolute Gasteiger partial charge is 0.198 e. The van der Waals surface area contributed by atoms with Crippen LogP contribution in [0, 0.1) is 23.7 Å². The molecule has 0 radical (unpaired) electrons. The van der Waals surface area contributed by atoms with Crippen LogP contribution in [0.3, 0.4) is 0 Å². The van der Waals surface area contributed by atoms with Crippen LogP contribution in [0.15, 0.2) is 12.1 Å². The maximum atomic E-state index is 12.7. The summed E-state index contributed by atoms with van der Waals surface area (Å²) >= 11 is 0. The minimum absolute atomic E-state index is 0.432. The summed E-state index contributed by atoms with van der Waals surface area (Å²) in [6, 6.07) is 2.16. The van der Waals surface area contributed by atoms with E-state index in [9.17, 15) is 26.3 Å². The van der Waals surface area contributed by atoms with Gasteiger partial charge < -0.3 is 0 Å². The molecule has 0 spiro atoms. The number of alkyl halides is 6. The number of nitriles is 1. The maximum Gasteiger partial charge on any atom is 0.416 e. The molecule has 0 heterocycles. The minimum atomic E-state index is -5.01. The van der Waals surface area contributed by atoms with Crippen LogP contribution in [0.4, 0.5) is 26.3 Å². The van der Waals surface area contributed by atoms with E-state index in [1.54, 1.807) is 5.92 Å². The molecule has 0 aliphatic carbocycles. The van der Waals surface area contributed by atoms with E-state index in [1.165, 1.54) is 6.07 Å². The summed E-state index contributed by atoms with van der Waals surface area (Å²) in [4.78, 5) is 0. The van der Waals surface area contributed by atoms with E-state index in [0.717, 1.165) is 0 Å². The van der Waals surface area contributed by atoms with Crippen molar-refractivity contribution in [1.29, 1.82) is 5.26 Å². The van der Waals surface area contributed by atoms with Gasteiger partial charge in [-0.15, -0.1) is 6.42 Å². The van der Waals surface area contributed by atoms with Crippen molar-refractivity contribution in [2.75, 3.05) is 0 Å². The van der Waals surface area contributed by atoms with Gasteiger partial charge in [-0.1, -0.05) is 5.92 Å². The van der Waals surface area contributed by atoms with Crippen molar-refractivity contribution in [3.05, 3.63) is 34.4 Å². The first-order valence-electron chi connectivity index (χ1n) is 4.76. The van der Waals surface area contributed by atoms with Crippen LogP contribution in [0.5, 0.6) is 0 Å². The number of benzene rings is 1. The highest BCUT2D eigenvalue weighted by Gasteiger charge is 2.41. The second kappa shape index (κ2) is 4.85. The fraction of sp³-hybridized carbons (Fsp3) is 0.250. The topological polar surface area (TPSA) is 23.8 Å². The molecule has 0 bridgehead atoms. The van der Waals surface area contributed by atoms with E-state index in [-0.39, 0.29) is 0 Å². The average Bonchev–Trinajstić information content (AvgIpc) is 2.26. The van der Waals surface area contributed by atoms with Crippen LogP contribution in [-0.2, 0) is 18.8 Å². The number of terminal acetylenes is 1. The molecule has 1 aromatic carbocycles. The summed E-state index contributed by atoms with van der Waals surface area (Å²) in [5, 5.41) is 8.40. The van der Waals surface area contributed by atoms with E-state index >= 15 is 0 Å². The molecule has 0 amide bonds. The van der Waals surface area contributed by atoms with Crippen LogP contribution in [0.25, 0.3) is 0 Å². The summed E-state index contributed by atoms with van der Waals surface area (Å²) in [6.07, 6.45) is -6.19. The summed E-state index contributed by atoms with van der Waals surface area (Å²) in [6.45, 7) is 0. The van der Waals surface area contributed by atoms with Crippen molar-refractivity contribution < 1.29 is 26.3 Å². The van der Waals surface area contributed by atoms with E-state index in [1.807, 2.05) is 0 Å². The first-order valence-corrected chi connectivity index (χ1v) is 4.76. The molecule has 0 fully saturated rings. The zero-order valence-corrected chi connectivity index (χ0v) is 9.15. The third-order valence-corrected chi connectivity index (χ3v) is 2.28. The molecule has 0 aliphatic rings. The molecule has 1 aromatic rings. The summed E-state index contributed by atoms with van der Waals surface area (Å²) in [5.74, 6) is 1.74. The van der Waals surface area contributed by atoms with Crippen LogP contribution in [0.1, 0.15) is 22.3 Å². The second-order valence-corrected chi connectivity index (χ2v) is 3.52. The standard InChI is InChI=1S/C12H5F6N/c1-2-7-5-9(11(13,14)15)8(3-4-19)10(6-7)12(16,17)18/h1,5-6H,3H2. The second-order valence-electron chi connectivity index (χ2n) is 3.52. The average molecular weight is 277 g/mol. The van der Waals surface area contributed by atoms with Gasteiger partial charge in [0.2, 0.25) is 0 Å². The third kappa shape index (κ3) is 3.19. The number of hydrogen-bond acceptors (Lipinski definition) is 1. The molecule has 0 unspecified atom stereocenters. The van der Waals surface area contributed by atoms with E-state index in [2.05, 4.69) is 0 Å². The lowest BCUT2D eigenvalue weighted by atomic mass is 9.95. The molecule has 1 rings (SSSR count). The van der Waals surface area contributed by atoms with Crippen LogP contribution in [0.2, 0.25) is 0 Å².